The van der Waals surface area contributed by atoms with Crippen LogP contribution in [0.3, 0.4) is 0 Å². The minimum absolute atomic E-state index is 0.113. The van der Waals surface area contributed by atoms with E-state index in [0.29, 0.717) is 37.5 Å². The average Bonchev–Trinajstić information content (AvgIpc) is 3.19. The molecule has 0 atom stereocenters. The first-order valence-electron chi connectivity index (χ1n) is 10.4. The molecule has 1 heterocycles. The molecule has 0 unspecified atom stereocenters. The van der Waals surface area contributed by atoms with Crippen LogP contribution < -0.4 is 4.31 Å². The molecule has 1 amide bonds. The Hall–Kier alpha value is -2.34. The largest absolute Gasteiger partial charge is 0.339 e. The van der Waals surface area contributed by atoms with Crippen molar-refractivity contribution in [2.45, 2.75) is 44.9 Å². The van der Waals surface area contributed by atoms with Crippen LogP contribution in [-0.4, -0.2) is 38.9 Å². The maximum absolute atomic E-state index is 13.3. The van der Waals surface area contributed by atoms with Gasteiger partial charge in [-0.25, -0.2) is 8.42 Å². The van der Waals surface area contributed by atoms with Gasteiger partial charge in [-0.05, 0) is 49.1 Å². The highest BCUT2D eigenvalue weighted by molar-refractivity contribution is 7.92. The molecule has 6 heteroatoms. The Balaban J connectivity index is 1.88. The maximum Gasteiger partial charge on any atom is 0.264 e. The molecule has 1 aliphatic rings. The lowest BCUT2D eigenvalue weighted by Gasteiger charge is -2.26. The standard InChI is InChI=1S/C23H30N2O3S/c1-4-18(5-2)17-24(6-3)23(26)20-11-9-12-21(16-20)29(27,28)25-15-14-19-10-7-8-13-22(19)25/h7-13,16,18H,4-6,14-15,17H2,1-3H3. The lowest BCUT2D eigenvalue weighted by atomic mass is 10.0. The molecule has 0 aliphatic carbocycles. The van der Waals surface area contributed by atoms with Gasteiger partial charge in [0.15, 0.2) is 0 Å². The van der Waals surface area contributed by atoms with Crippen molar-refractivity contribution in [1.29, 1.82) is 0 Å². The first kappa shape index (κ1) is 21.4. The number of rotatable bonds is 8. The van der Waals surface area contributed by atoms with Gasteiger partial charge in [-0.3, -0.25) is 9.10 Å². The van der Waals surface area contributed by atoms with E-state index in [1.54, 1.807) is 18.2 Å². The second-order valence-electron chi connectivity index (χ2n) is 7.51. The SMILES string of the molecule is CCC(CC)CN(CC)C(=O)c1cccc(S(=O)(=O)N2CCc3ccccc32)c1. The molecule has 0 aromatic heterocycles. The number of carbonyl (C=O) groups excluding carboxylic acids is 1. The molecule has 3 rings (SSSR count). The van der Waals surface area contributed by atoms with Gasteiger partial charge in [-0.1, -0.05) is 51.0 Å². The van der Waals surface area contributed by atoms with E-state index >= 15 is 0 Å². The predicted octanol–water partition coefficient (Wildman–Crippen LogP) is 4.34. The quantitative estimate of drug-likeness (QED) is 0.646. The van der Waals surface area contributed by atoms with Gasteiger partial charge in [-0.2, -0.15) is 0 Å². The number of anilines is 1. The minimum Gasteiger partial charge on any atom is -0.339 e. The number of fused-ring (bicyclic) bond motifs is 1. The molecule has 0 fully saturated rings. The molecule has 29 heavy (non-hydrogen) atoms. The summed E-state index contributed by atoms with van der Waals surface area (Å²) in [5, 5.41) is 0. The molecule has 5 nitrogen and oxygen atoms in total. The molecule has 0 saturated carbocycles. The lowest BCUT2D eigenvalue weighted by Crippen LogP contribution is -2.35. The van der Waals surface area contributed by atoms with Crippen molar-refractivity contribution in [3.63, 3.8) is 0 Å². The zero-order chi connectivity index (χ0) is 21.0. The molecular weight excluding hydrogens is 384 g/mol. The van der Waals surface area contributed by atoms with Crippen molar-refractivity contribution >= 4 is 21.6 Å². The Morgan fingerprint density at radius 2 is 1.79 bits per heavy atom. The van der Waals surface area contributed by atoms with Gasteiger partial charge in [0.05, 0.1) is 10.6 Å². The lowest BCUT2D eigenvalue weighted by molar-refractivity contribution is 0.0734. The second-order valence-corrected chi connectivity index (χ2v) is 9.37. The van der Waals surface area contributed by atoms with Gasteiger partial charge < -0.3 is 4.90 Å². The third-order valence-electron chi connectivity index (χ3n) is 5.82. The van der Waals surface area contributed by atoms with Crippen molar-refractivity contribution in [2.24, 2.45) is 5.92 Å². The maximum atomic E-state index is 13.3. The van der Waals surface area contributed by atoms with Crippen LogP contribution in [0, 0.1) is 5.92 Å². The fraction of sp³-hybridized carbons (Fsp3) is 0.435. The first-order valence-corrected chi connectivity index (χ1v) is 11.9. The number of amides is 1. The van der Waals surface area contributed by atoms with E-state index in [9.17, 15) is 13.2 Å². The second kappa shape index (κ2) is 8.99. The fourth-order valence-electron chi connectivity index (χ4n) is 3.87. The smallest absolute Gasteiger partial charge is 0.264 e. The Labute approximate surface area is 174 Å². The van der Waals surface area contributed by atoms with E-state index in [1.807, 2.05) is 36.1 Å². The van der Waals surface area contributed by atoms with Gasteiger partial charge in [0.2, 0.25) is 0 Å². The molecule has 2 aromatic rings. The van der Waals surface area contributed by atoms with Crippen molar-refractivity contribution in [1.82, 2.24) is 4.90 Å². The summed E-state index contributed by atoms with van der Waals surface area (Å²) in [4.78, 5) is 15.0. The highest BCUT2D eigenvalue weighted by Crippen LogP contribution is 2.32. The molecule has 156 valence electrons. The summed E-state index contributed by atoms with van der Waals surface area (Å²) in [5.41, 5.74) is 2.19. The first-order chi connectivity index (χ1) is 13.9. The number of sulfonamides is 1. The summed E-state index contributed by atoms with van der Waals surface area (Å²) >= 11 is 0. The third-order valence-corrected chi connectivity index (χ3v) is 7.62. The number of para-hydroxylation sites is 1. The monoisotopic (exact) mass is 414 g/mol. The molecule has 0 saturated heterocycles. The van der Waals surface area contributed by atoms with Crippen LogP contribution in [-0.2, 0) is 16.4 Å². The Bertz CT molecular complexity index is 968. The van der Waals surface area contributed by atoms with Crippen LogP contribution in [0.5, 0.6) is 0 Å². The zero-order valence-corrected chi connectivity index (χ0v) is 18.3. The third kappa shape index (κ3) is 4.32. The van der Waals surface area contributed by atoms with Crippen molar-refractivity contribution in [3.05, 3.63) is 59.7 Å². The van der Waals surface area contributed by atoms with Crippen LogP contribution in [0.25, 0.3) is 0 Å². The number of nitrogens with zero attached hydrogens (tertiary/aromatic N) is 2. The van der Waals surface area contributed by atoms with Crippen molar-refractivity contribution in [2.75, 3.05) is 23.9 Å². The van der Waals surface area contributed by atoms with E-state index in [4.69, 9.17) is 0 Å². The van der Waals surface area contributed by atoms with E-state index in [0.717, 1.165) is 24.1 Å². The van der Waals surface area contributed by atoms with Crippen LogP contribution in [0.2, 0.25) is 0 Å². The Kier molecular flexibility index (Phi) is 6.63. The number of hydrogen-bond acceptors (Lipinski definition) is 3. The number of hydrogen-bond donors (Lipinski definition) is 0. The van der Waals surface area contributed by atoms with Crippen LogP contribution in [0.15, 0.2) is 53.4 Å². The highest BCUT2D eigenvalue weighted by Gasteiger charge is 2.31. The number of benzene rings is 2. The van der Waals surface area contributed by atoms with Gasteiger partial charge in [0.1, 0.15) is 0 Å². The van der Waals surface area contributed by atoms with E-state index in [2.05, 4.69) is 13.8 Å². The van der Waals surface area contributed by atoms with Gasteiger partial charge >= 0.3 is 0 Å². The molecule has 0 radical (unpaired) electrons. The van der Waals surface area contributed by atoms with Gasteiger partial charge in [-0.15, -0.1) is 0 Å². The summed E-state index contributed by atoms with van der Waals surface area (Å²) in [6.07, 6.45) is 2.74. The van der Waals surface area contributed by atoms with Crippen LogP contribution in [0.1, 0.15) is 49.5 Å². The zero-order valence-electron chi connectivity index (χ0n) is 17.5. The summed E-state index contributed by atoms with van der Waals surface area (Å²) in [5.74, 6) is 0.338. The summed E-state index contributed by atoms with van der Waals surface area (Å²) in [6, 6.07) is 14.0. The van der Waals surface area contributed by atoms with Gasteiger partial charge in [0, 0.05) is 25.2 Å². The van der Waals surface area contributed by atoms with Crippen LogP contribution >= 0.6 is 0 Å². The predicted molar refractivity (Wildman–Crippen MR) is 117 cm³/mol. The Morgan fingerprint density at radius 3 is 2.48 bits per heavy atom. The highest BCUT2D eigenvalue weighted by atomic mass is 32.2. The molecule has 0 bridgehead atoms. The summed E-state index contributed by atoms with van der Waals surface area (Å²) in [6.45, 7) is 7.95. The topological polar surface area (TPSA) is 57.7 Å². The van der Waals surface area contributed by atoms with Crippen molar-refractivity contribution in [3.8, 4) is 0 Å². The number of carbonyl (C=O) groups is 1. The van der Waals surface area contributed by atoms with E-state index in [1.165, 1.54) is 10.4 Å². The summed E-state index contributed by atoms with van der Waals surface area (Å²) < 4.78 is 28.0. The van der Waals surface area contributed by atoms with Gasteiger partial charge in [0.25, 0.3) is 15.9 Å². The molecular formula is C23H30N2O3S. The average molecular weight is 415 g/mol. The van der Waals surface area contributed by atoms with Crippen molar-refractivity contribution < 1.29 is 13.2 Å². The van der Waals surface area contributed by atoms with Crippen LogP contribution in [0.4, 0.5) is 5.69 Å². The molecule has 1 aliphatic heterocycles. The normalized spacial score (nSPS) is 13.6. The minimum atomic E-state index is -3.71. The van der Waals surface area contributed by atoms with E-state index < -0.39 is 10.0 Å². The fourth-order valence-corrected chi connectivity index (χ4v) is 5.42. The molecule has 2 aromatic carbocycles. The Morgan fingerprint density at radius 1 is 1.07 bits per heavy atom. The van der Waals surface area contributed by atoms with E-state index in [-0.39, 0.29) is 10.8 Å². The molecule has 0 N–H and O–H groups in total. The molecule has 0 spiro atoms. The summed E-state index contributed by atoms with van der Waals surface area (Å²) in [7, 11) is -3.71.